The Kier molecular flexibility index (Phi) is 3.01. The van der Waals surface area contributed by atoms with Gasteiger partial charge in [-0.2, -0.15) is 5.10 Å². The molecule has 0 aliphatic carbocycles. The van der Waals surface area contributed by atoms with E-state index < -0.39 is 0 Å². The molecule has 0 N–H and O–H groups in total. The lowest BCUT2D eigenvalue weighted by Gasteiger charge is -2.05. The normalized spacial score (nSPS) is 10.8. The highest BCUT2D eigenvalue weighted by atomic mass is 35.5. The lowest BCUT2D eigenvalue weighted by Crippen LogP contribution is -2.23. The third-order valence-electron chi connectivity index (χ3n) is 2.85. The largest absolute Gasteiger partial charge is 0.274 e. The van der Waals surface area contributed by atoms with E-state index in [-0.39, 0.29) is 5.56 Å². The Morgan fingerprint density at radius 2 is 1.95 bits per heavy atom. The van der Waals surface area contributed by atoms with Gasteiger partial charge in [-0.15, -0.1) is 0 Å². The van der Waals surface area contributed by atoms with Crippen molar-refractivity contribution >= 4 is 22.4 Å². The molecule has 0 amide bonds. The van der Waals surface area contributed by atoms with Crippen molar-refractivity contribution in [2.45, 2.75) is 6.54 Å². The average Bonchev–Trinajstić information content (AvgIpc) is 2.42. The molecule has 0 saturated heterocycles. The Labute approximate surface area is 114 Å². The number of halogens is 1. The van der Waals surface area contributed by atoms with Gasteiger partial charge in [0.1, 0.15) is 5.15 Å². The van der Waals surface area contributed by atoms with Crippen LogP contribution < -0.4 is 5.56 Å². The summed E-state index contributed by atoms with van der Waals surface area (Å²) in [5, 5.41) is 6.05. The van der Waals surface area contributed by atoms with Crippen LogP contribution in [0.4, 0.5) is 0 Å². The maximum absolute atomic E-state index is 12.3. The summed E-state index contributed by atoms with van der Waals surface area (Å²) in [6.45, 7) is 0.310. The molecule has 0 aliphatic rings. The van der Waals surface area contributed by atoms with Gasteiger partial charge in [-0.1, -0.05) is 35.9 Å². The third kappa shape index (κ3) is 2.35. The fourth-order valence-electron chi connectivity index (χ4n) is 1.93. The number of fused-ring (bicyclic) bond motifs is 1. The SMILES string of the molecule is O=c1c2ccccc2cnn1Cc1cccc(Cl)n1. The Morgan fingerprint density at radius 3 is 2.79 bits per heavy atom. The smallest absolute Gasteiger partial charge is 0.267 e. The highest BCUT2D eigenvalue weighted by molar-refractivity contribution is 6.29. The highest BCUT2D eigenvalue weighted by Crippen LogP contribution is 2.08. The molecule has 0 unspecified atom stereocenters. The van der Waals surface area contributed by atoms with Gasteiger partial charge in [0.25, 0.3) is 5.56 Å². The molecule has 0 spiro atoms. The van der Waals surface area contributed by atoms with E-state index in [1.807, 2.05) is 24.3 Å². The molecule has 94 valence electrons. The Bertz CT molecular complexity index is 798. The standard InChI is InChI=1S/C14H10ClN3O/c15-13-7-3-5-11(17-13)9-18-14(19)12-6-2-1-4-10(12)8-16-18/h1-8H,9H2. The van der Waals surface area contributed by atoms with Crippen LogP contribution in [0.25, 0.3) is 10.8 Å². The molecule has 0 atom stereocenters. The van der Waals surface area contributed by atoms with Crippen molar-refractivity contribution in [2.24, 2.45) is 0 Å². The second-order valence-electron chi connectivity index (χ2n) is 4.15. The summed E-state index contributed by atoms with van der Waals surface area (Å²) in [4.78, 5) is 16.4. The van der Waals surface area contributed by atoms with E-state index in [4.69, 9.17) is 11.6 Å². The lowest BCUT2D eigenvalue weighted by atomic mass is 10.2. The van der Waals surface area contributed by atoms with Crippen molar-refractivity contribution in [1.29, 1.82) is 0 Å². The van der Waals surface area contributed by atoms with E-state index >= 15 is 0 Å². The molecule has 0 fully saturated rings. The number of benzene rings is 1. The van der Waals surface area contributed by atoms with Gasteiger partial charge in [0.05, 0.1) is 23.8 Å². The number of rotatable bonds is 2. The summed E-state index contributed by atoms with van der Waals surface area (Å²) in [6.07, 6.45) is 1.68. The van der Waals surface area contributed by atoms with Crippen LogP contribution in [0.3, 0.4) is 0 Å². The minimum atomic E-state index is -0.125. The highest BCUT2D eigenvalue weighted by Gasteiger charge is 2.05. The Hall–Kier alpha value is -2.20. The quantitative estimate of drug-likeness (QED) is 0.673. The monoisotopic (exact) mass is 271 g/mol. The summed E-state index contributed by atoms with van der Waals surface area (Å²) in [7, 11) is 0. The first kappa shape index (κ1) is 11.9. The van der Waals surface area contributed by atoms with E-state index in [2.05, 4.69) is 10.1 Å². The van der Waals surface area contributed by atoms with Crippen LogP contribution in [0.5, 0.6) is 0 Å². The molecule has 5 heteroatoms. The lowest BCUT2D eigenvalue weighted by molar-refractivity contribution is 0.636. The zero-order valence-corrected chi connectivity index (χ0v) is 10.7. The fourth-order valence-corrected chi connectivity index (χ4v) is 2.11. The molecule has 0 radical (unpaired) electrons. The average molecular weight is 272 g/mol. The Morgan fingerprint density at radius 1 is 1.11 bits per heavy atom. The molecule has 0 saturated carbocycles. The van der Waals surface area contributed by atoms with E-state index in [9.17, 15) is 4.79 Å². The first-order valence-electron chi connectivity index (χ1n) is 5.80. The molecule has 0 aliphatic heterocycles. The molecular formula is C14H10ClN3O. The van der Waals surface area contributed by atoms with Gasteiger partial charge < -0.3 is 0 Å². The van der Waals surface area contributed by atoms with Crippen LogP contribution in [0.1, 0.15) is 5.69 Å². The van der Waals surface area contributed by atoms with E-state index in [0.29, 0.717) is 22.8 Å². The molecule has 3 rings (SSSR count). The van der Waals surface area contributed by atoms with Crippen LogP contribution >= 0.6 is 11.6 Å². The van der Waals surface area contributed by atoms with Crippen molar-refractivity contribution in [2.75, 3.05) is 0 Å². The van der Waals surface area contributed by atoms with E-state index in [1.165, 1.54) is 4.68 Å². The number of hydrogen-bond donors (Lipinski definition) is 0. The predicted molar refractivity (Wildman–Crippen MR) is 74.4 cm³/mol. The minimum absolute atomic E-state index is 0.125. The second-order valence-corrected chi connectivity index (χ2v) is 4.53. The molecule has 2 heterocycles. The van der Waals surface area contributed by atoms with Crippen LogP contribution in [0, 0.1) is 0 Å². The van der Waals surface area contributed by atoms with Gasteiger partial charge in [0.2, 0.25) is 0 Å². The van der Waals surface area contributed by atoms with Crippen molar-refractivity contribution < 1.29 is 0 Å². The molecule has 1 aromatic carbocycles. The summed E-state index contributed by atoms with van der Waals surface area (Å²) in [5.74, 6) is 0. The summed E-state index contributed by atoms with van der Waals surface area (Å²) in [6, 6.07) is 12.7. The van der Waals surface area contributed by atoms with Crippen LogP contribution in [0.2, 0.25) is 5.15 Å². The van der Waals surface area contributed by atoms with Crippen LogP contribution in [0.15, 0.2) is 53.5 Å². The van der Waals surface area contributed by atoms with E-state index in [1.54, 1.807) is 24.4 Å². The summed E-state index contributed by atoms with van der Waals surface area (Å²) in [5.41, 5.74) is 0.581. The zero-order valence-electron chi connectivity index (χ0n) is 9.95. The molecule has 3 aromatic rings. The van der Waals surface area contributed by atoms with Gasteiger partial charge in [-0.25, -0.2) is 9.67 Å². The van der Waals surface area contributed by atoms with Crippen molar-refractivity contribution in [1.82, 2.24) is 14.8 Å². The summed E-state index contributed by atoms with van der Waals surface area (Å²) >= 11 is 5.83. The van der Waals surface area contributed by atoms with E-state index in [0.717, 1.165) is 5.39 Å². The van der Waals surface area contributed by atoms with Gasteiger partial charge in [0.15, 0.2) is 0 Å². The molecule has 19 heavy (non-hydrogen) atoms. The first-order chi connectivity index (χ1) is 9.24. The fraction of sp³-hybridized carbons (Fsp3) is 0.0714. The van der Waals surface area contributed by atoms with Gasteiger partial charge in [-0.05, 0) is 18.2 Å². The first-order valence-corrected chi connectivity index (χ1v) is 6.18. The maximum atomic E-state index is 12.3. The van der Waals surface area contributed by atoms with Crippen LogP contribution in [-0.2, 0) is 6.54 Å². The third-order valence-corrected chi connectivity index (χ3v) is 3.06. The molecule has 2 aromatic heterocycles. The Balaban J connectivity index is 2.06. The molecule has 4 nitrogen and oxygen atoms in total. The molecule has 0 bridgehead atoms. The second kappa shape index (κ2) is 4.82. The van der Waals surface area contributed by atoms with Crippen molar-refractivity contribution in [3.63, 3.8) is 0 Å². The maximum Gasteiger partial charge on any atom is 0.274 e. The van der Waals surface area contributed by atoms with Gasteiger partial charge in [0, 0.05) is 5.39 Å². The number of aromatic nitrogens is 3. The predicted octanol–water partition coefficient (Wildman–Crippen LogP) is 2.49. The van der Waals surface area contributed by atoms with Crippen molar-refractivity contribution in [3.8, 4) is 0 Å². The van der Waals surface area contributed by atoms with Gasteiger partial charge >= 0.3 is 0 Å². The molecular weight excluding hydrogens is 262 g/mol. The topological polar surface area (TPSA) is 47.8 Å². The number of pyridine rings is 1. The zero-order chi connectivity index (χ0) is 13.2. The summed E-state index contributed by atoms with van der Waals surface area (Å²) < 4.78 is 1.39. The van der Waals surface area contributed by atoms with Gasteiger partial charge in [-0.3, -0.25) is 4.79 Å². The van der Waals surface area contributed by atoms with Crippen LogP contribution in [-0.4, -0.2) is 14.8 Å². The number of nitrogens with zero attached hydrogens (tertiary/aromatic N) is 3. The van der Waals surface area contributed by atoms with Crippen molar-refractivity contribution in [3.05, 3.63) is 69.9 Å². The number of hydrogen-bond acceptors (Lipinski definition) is 3. The minimum Gasteiger partial charge on any atom is -0.267 e.